The molecule has 8 heteroatoms. The molecule has 1 N–H and O–H groups in total. The summed E-state index contributed by atoms with van der Waals surface area (Å²) in [4.78, 5) is 19.5. The van der Waals surface area contributed by atoms with Gasteiger partial charge in [-0.25, -0.2) is 9.78 Å². The molecule has 3 aromatic carbocycles. The fraction of sp³-hybridized carbons (Fsp3) is 0.233. The normalized spacial score (nSPS) is 16.0. The number of methoxy groups -OCH3 is 1. The van der Waals surface area contributed by atoms with E-state index in [4.69, 9.17) is 19.0 Å². The first-order chi connectivity index (χ1) is 18.7. The molecule has 3 heterocycles. The number of nitrogens with one attached hydrogen (secondary N) is 1. The SMILES string of the molecule is COCc1nc2ccccc2n1Cc1ccc2c(c1)COc1ccccc1C2=C(c1noc(=O)[nH]1)C1CC1. The van der Waals surface area contributed by atoms with Gasteiger partial charge in [0.1, 0.15) is 24.8 Å². The van der Waals surface area contributed by atoms with Gasteiger partial charge in [0.25, 0.3) is 0 Å². The van der Waals surface area contributed by atoms with Crippen molar-refractivity contribution in [1.82, 2.24) is 19.7 Å². The Morgan fingerprint density at radius 1 is 1.08 bits per heavy atom. The van der Waals surface area contributed by atoms with E-state index in [2.05, 4.69) is 45.0 Å². The molecule has 1 aliphatic carbocycles. The lowest BCUT2D eigenvalue weighted by Gasteiger charge is -2.16. The molecule has 190 valence electrons. The van der Waals surface area contributed by atoms with Crippen LogP contribution in [0.25, 0.3) is 22.2 Å². The highest BCUT2D eigenvalue weighted by atomic mass is 16.5. The van der Waals surface area contributed by atoms with Gasteiger partial charge in [0.15, 0.2) is 5.82 Å². The average Bonchev–Trinajstić information content (AvgIpc) is 3.63. The molecular formula is C30H26N4O4. The highest BCUT2D eigenvalue weighted by Gasteiger charge is 2.35. The van der Waals surface area contributed by atoms with Crippen LogP contribution in [0, 0.1) is 5.92 Å². The van der Waals surface area contributed by atoms with E-state index in [0.29, 0.717) is 31.5 Å². The Kier molecular flexibility index (Phi) is 5.47. The number of nitrogens with zero attached hydrogens (tertiary/aromatic N) is 3. The number of hydrogen-bond acceptors (Lipinski definition) is 6. The maximum atomic E-state index is 11.9. The number of H-pyrrole nitrogens is 1. The summed E-state index contributed by atoms with van der Waals surface area (Å²) < 4.78 is 18.9. The summed E-state index contributed by atoms with van der Waals surface area (Å²) in [6, 6.07) is 22.7. The largest absolute Gasteiger partial charge is 0.488 e. The Balaban J connectivity index is 1.38. The fourth-order valence-electron chi connectivity index (χ4n) is 5.46. The van der Waals surface area contributed by atoms with E-state index in [1.807, 2.05) is 36.4 Å². The summed E-state index contributed by atoms with van der Waals surface area (Å²) in [5.41, 5.74) is 8.37. The molecule has 8 nitrogen and oxygen atoms in total. The van der Waals surface area contributed by atoms with Gasteiger partial charge in [0.2, 0.25) is 0 Å². The minimum absolute atomic E-state index is 0.304. The molecule has 1 fully saturated rings. The molecule has 0 amide bonds. The standard InChI is InChI=1S/C30H26N4O4/c1-36-17-26-31-23-7-3-4-8-24(23)34(26)15-18-10-13-21-20(14-18)16-37-25-9-5-2-6-22(25)28(21)27(19-11-12-19)29-32-30(35)38-33-29/h2-10,13-14,19H,11-12,15-17H2,1H3,(H,32,33,35). The van der Waals surface area contributed by atoms with Gasteiger partial charge < -0.3 is 14.0 Å². The Morgan fingerprint density at radius 3 is 2.74 bits per heavy atom. The maximum Gasteiger partial charge on any atom is 0.439 e. The van der Waals surface area contributed by atoms with Gasteiger partial charge in [0, 0.05) is 30.4 Å². The molecule has 38 heavy (non-hydrogen) atoms. The fourth-order valence-corrected chi connectivity index (χ4v) is 5.46. The van der Waals surface area contributed by atoms with Crippen molar-refractivity contribution >= 4 is 22.2 Å². The van der Waals surface area contributed by atoms with Crippen LogP contribution in [0.5, 0.6) is 5.75 Å². The zero-order valence-corrected chi connectivity index (χ0v) is 20.9. The van der Waals surface area contributed by atoms with Crippen molar-refractivity contribution in [3.05, 3.63) is 111 Å². The van der Waals surface area contributed by atoms with Crippen molar-refractivity contribution in [2.45, 2.75) is 32.6 Å². The number of benzene rings is 3. The van der Waals surface area contributed by atoms with Crippen LogP contribution in [0.15, 0.2) is 76.0 Å². The Bertz CT molecular complexity index is 1760. The van der Waals surface area contributed by atoms with Gasteiger partial charge in [-0.3, -0.25) is 9.51 Å². The maximum absolute atomic E-state index is 11.9. The van der Waals surface area contributed by atoms with Crippen molar-refractivity contribution in [2.24, 2.45) is 5.92 Å². The number of para-hydroxylation sites is 3. The second-order valence-corrected chi connectivity index (χ2v) is 9.82. The molecule has 0 saturated heterocycles. The Hall–Kier alpha value is -4.43. The zero-order valence-electron chi connectivity index (χ0n) is 20.9. The molecule has 0 atom stereocenters. The van der Waals surface area contributed by atoms with Gasteiger partial charge in [-0.2, -0.15) is 0 Å². The highest BCUT2D eigenvalue weighted by molar-refractivity contribution is 6.01. The van der Waals surface area contributed by atoms with E-state index in [1.165, 1.54) is 0 Å². The van der Waals surface area contributed by atoms with Crippen molar-refractivity contribution in [3.63, 3.8) is 0 Å². The molecule has 1 saturated carbocycles. The first-order valence-electron chi connectivity index (χ1n) is 12.8. The molecule has 2 aromatic heterocycles. The number of aromatic amines is 1. The van der Waals surface area contributed by atoms with E-state index >= 15 is 0 Å². The predicted molar refractivity (Wildman–Crippen MR) is 143 cm³/mol. The summed E-state index contributed by atoms with van der Waals surface area (Å²) in [7, 11) is 1.69. The van der Waals surface area contributed by atoms with Gasteiger partial charge in [-0.1, -0.05) is 47.6 Å². The monoisotopic (exact) mass is 506 g/mol. The second kappa shape index (κ2) is 9.15. The van der Waals surface area contributed by atoms with Crippen LogP contribution in [0.1, 0.15) is 46.7 Å². The number of allylic oxidation sites excluding steroid dienone is 1. The highest BCUT2D eigenvalue weighted by Crippen LogP contribution is 2.49. The topological polar surface area (TPSA) is 95.2 Å². The molecule has 0 radical (unpaired) electrons. The molecule has 7 rings (SSSR count). The lowest BCUT2D eigenvalue weighted by molar-refractivity contribution is 0.175. The molecule has 5 aromatic rings. The summed E-state index contributed by atoms with van der Waals surface area (Å²) in [5.74, 6) is 1.95. The third kappa shape index (κ3) is 3.94. The van der Waals surface area contributed by atoms with E-state index in [0.717, 1.165) is 68.8 Å². The van der Waals surface area contributed by atoms with Gasteiger partial charge >= 0.3 is 5.76 Å². The molecule has 0 unspecified atom stereocenters. The van der Waals surface area contributed by atoms with E-state index < -0.39 is 5.76 Å². The minimum Gasteiger partial charge on any atom is -0.488 e. The van der Waals surface area contributed by atoms with E-state index in [-0.39, 0.29) is 0 Å². The second-order valence-electron chi connectivity index (χ2n) is 9.82. The van der Waals surface area contributed by atoms with Crippen LogP contribution in [-0.2, 0) is 24.5 Å². The number of imidazole rings is 1. The van der Waals surface area contributed by atoms with Crippen LogP contribution in [0.2, 0.25) is 0 Å². The van der Waals surface area contributed by atoms with E-state index in [9.17, 15) is 4.79 Å². The van der Waals surface area contributed by atoms with Gasteiger partial charge in [-0.15, -0.1) is 0 Å². The van der Waals surface area contributed by atoms with Crippen LogP contribution in [0.4, 0.5) is 0 Å². The van der Waals surface area contributed by atoms with Gasteiger partial charge in [-0.05, 0) is 59.7 Å². The number of ether oxygens (including phenoxy) is 2. The Morgan fingerprint density at radius 2 is 1.92 bits per heavy atom. The molecule has 0 bridgehead atoms. The van der Waals surface area contributed by atoms with Crippen molar-refractivity contribution in [3.8, 4) is 5.75 Å². The van der Waals surface area contributed by atoms with Crippen LogP contribution >= 0.6 is 0 Å². The van der Waals surface area contributed by atoms with E-state index in [1.54, 1.807) is 7.11 Å². The lowest BCUT2D eigenvalue weighted by Crippen LogP contribution is -2.08. The first-order valence-corrected chi connectivity index (χ1v) is 12.8. The van der Waals surface area contributed by atoms with Crippen molar-refractivity contribution in [2.75, 3.05) is 7.11 Å². The summed E-state index contributed by atoms with van der Waals surface area (Å²) in [6.45, 7) is 1.53. The quantitative estimate of drug-likeness (QED) is 0.342. The molecule has 0 spiro atoms. The summed E-state index contributed by atoms with van der Waals surface area (Å²) >= 11 is 0. The number of fused-ring (bicyclic) bond motifs is 3. The smallest absolute Gasteiger partial charge is 0.439 e. The summed E-state index contributed by atoms with van der Waals surface area (Å²) in [5, 5.41) is 4.09. The van der Waals surface area contributed by atoms with Crippen molar-refractivity contribution in [1.29, 1.82) is 0 Å². The van der Waals surface area contributed by atoms with Crippen LogP contribution in [0.3, 0.4) is 0 Å². The lowest BCUT2D eigenvalue weighted by atomic mass is 9.87. The van der Waals surface area contributed by atoms with Crippen molar-refractivity contribution < 1.29 is 14.0 Å². The predicted octanol–water partition coefficient (Wildman–Crippen LogP) is 5.17. The third-order valence-electron chi connectivity index (χ3n) is 7.28. The van der Waals surface area contributed by atoms with Crippen LogP contribution in [-0.4, -0.2) is 26.8 Å². The molecule has 2 aliphatic rings. The molecule has 1 aliphatic heterocycles. The molecular weight excluding hydrogens is 480 g/mol. The average molecular weight is 507 g/mol. The number of rotatable bonds is 6. The number of aromatic nitrogens is 4. The zero-order chi connectivity index (χ0) is 25.6. The third-order valence-corrected chi connectivity index (χ3v) is 7.28. The van der Waals surface area contributed by atoms with Gasteiger partial charge in [0.05, 0.1) is 11.0 Å². The number of hydrogen-bond donors (Lipinski definition) is 1. The Labute approximate surface area is 218 Å². The summed E-state index contributed by atoms with van der Waals surface area (Å²) in [6.07, 6.45) is 2.08. The van der Waals surface area contributed by atoms with Crippen LogP contribution < -0.4 is 10.5 Å². The first kappa shape index (κ1) is 22.7. The minimum atomic E-state index is -0.549.